The van der Waals surface area contributed by atoms with Gasteiger partial charge in [0, 0.05) is 36.7 Å². The van der Waals surface area contributed by atoms with Crippen LogP contribution in [0.15, 0.2) is 30.3 Å². The molecule has 160 valence electrons. The fourth-order valence-corrected chi connectivity index (χ4v) is 4.61. The largest absolute Gasteiger partial charge is 0.497 e. The Kier molecular flexibility index (Phi) is 6.49. The average molecular weight is 449 g/mol. The molecule has 1 aromatic carbocycles. The van der Waals surface area contributed by atoms with Crippen LogP contribution in [0.2, 0.25) is 4.34 Å². The Hall–Kier alpha value is -2.25. The smallest absolute Gasteiger partial charge is 0.255 e. The average Bonchev–Trinajstić information content (AvgIpc) is 3.53. The topological polar surface area (TPSA) is 67.9 Å². The molecule has 1 saturated carbocycles. The number of nitrogens with zero attached hydrogens (tertiary/aromatic N) is 1. The Morgan fingerprint density at radius 2 is 1.93 bits per heavy atom. The standard InChI is InChI=1S/C22H25ClN2O4S/c1-28-16-4-6-19(18(12-16)21(26)24-13-17-5-7-20(23)30-17)29-15-8-10-25(11-9-15)22(27)14-2-3-14/h4-7,12,14-15H,2-3,8-11,13H2,1H3,(H,24,26). The highest BCUT2D eigenvalue weighted by atomic mass is 35.5. The van der Waals surface area contributed by atoms with E-state index < -0.39 is 0 Å². The summed E-state index contributed by atoms with van der Waals surface area (Å²) >= 11 is 7.40. The van der Waals surface area contributed by atoms with Crippen LogP contribution in [0.25, 0.3) is 0 Å². The quantitative estimate of drug-likeness (QED) is 0.691. The van der Waals surface area contributed by atoms with Gasteiger partial charge in [-0.15, -0.1) is 11.3 Å². The molecule has 30 heavy (non-hydrogen) atoms. The molecule has 2 aromatic rings. The zero-order valence-corrected chi connectivity index (χ0v) is 18.4. The van der Waals surface area contributed by atoms with Crippen LogP contribution in [0.4, 0.5) is 0 Å². The van der Waals surface area contributed by atoms with Crippen LogP contribution >= 0.6 is 22.9 Å². The van der Waals surface area contributed by atoms with Crippen molar-refractivity contribution in [1.29, 1.82) is 0 Å². The van der Waals surface area contributed by atoms with E-state index in [1.807, 2.05) is 17.0 Å². The van der Waals surface area contributed by atoms with Gasteiger partial charge in [-0.3, -0.25) is 9.59 Å². The maximum atomic E-state index is 12.9. The summed E-state index contributed by atoms with van der Waals surface area (Å²) in [5, 5.41) is 2.92. The number of piperidine rings is 1. The van der Waals surface area contributed by atoms with Crippen molar-refractivity contribution in [2.45, 2.75) is 38.3 Å². The van der Waals surface area contributed by atoms with Crippen molar-refractivity contribution in [1.82, 2.24) is 10.2 Å². The fourth-order valence-electron chi connectivity index (χ4n) is 3.59. The number of carbonyl (C=O) groups is 2. The van der Waals surface area contributed by atoms with Crippen molar-refractivity contribution in [3.8, 4) is 11.5 Å². The molecule has 2 aliphatic rings. The number of nitrogens with one attached hydrogen (secondary N) is 1. The highest BCUT2D eigenvalue weighted by Gasteiger charge is 2.35. The van der Waals surface area contributed by atoms with Crippen molar-refractivity contribution in [3.05, 3.63) is 45.1 Å². The Labute approximate surface area is 185 Å². The molecule has 8 heteroatoms. The predicted octanol–water partition coefficient (Wildman–Crippen LogP) is 4.12. The fraction of sp³-hybridized carbons (Fsp3) is 0.455. The molecule has 0 radical (unpaired) electrons. The molecule has 0 unspecified atom stereocenters. The van der Waals surface area contributed by atoms with E-state index in [2.05, 4.69) is 5.32 Å². The summed E-state index contributed by atoms with van der Waals surface area (Å²) in [7, 11) is 1.57. The van der Waals surface area contributed by atoms with Gasteiger partial charge in [0.05, 0.1) is 23.6 Å². The second-order valence-corrected chi connectivity index (χ2v) is 9.47. The number of methoxy groups -OCH3 is 1. The molecule has 1 aromatic heterocycles. The number of thiophene rings is 1. The predicted molar refractivity (Wildman–Crippen MR) is 116 cm³/mol. The van der Waals surface area contributed by atoms with Crippen LogP contribution in [0, 0.1) is 5.92 Å². The maximum absolute atomic E-state index is 12.9. The first-order chi connectivity index (χ1) is 14.5. The van der Waals surface area contributed by atoms with E-state index >= 15 is 0 Å². The number of benzene rings is 1. The van der Waals surface area contributed by atoms with Gasteiger partial charge >= 0.3 is 0 Å². The first kappa shape index (κ1) is 21.0. The highest BCUT2D eigenvalue weighted by Crippen LogP contribution is 2.33. The third-order valence-electron chi connectivity index (χ3n) is 5.46. The van der Waals surface area contributed by atoms with Gasteiger partial charge in [0.2, 0.25) is 5.91 Å². The molecule has 0 atom stereocenters. The lowest BCUT2D eigenvalue weighted by molar-refractivity contribution is -0.134. The summed E-state index contributed by atoms with van der Waals surface area (Å²) in [5.41, 5.74) is 0.438. The molecule has 0 spiro atoms. The molecular weight excluding hydrogens is 424 g/mol. The summed E-state index contributed by atoms with van der Waals surface area (Å²) in [6.45, 7) is 1.81. The molecule has 2 heterocycles. The molecule has 1 saturated heterocycles. The van der Waals surface area contributed by atoms with E-state index in [-0.39, 0.29) is 23.8 Å². The number of ether oxygens (including phenoxy) is 2. The van der Waals surface area contributed by atoms with Crippen molar-refractivity contribution in [2.75, 3.05) is 20.2 Å². The van der Waals surface area contributed by atoms with Gasteiger partial charge < -0.3 is 19.7 Å². The molecule has 1 aliphatic carbocycles. The molecule has 2 amide bonds. The number of carbonyl (C=O) groups excluding carboxylic acids is 2. The second kappa shape index (κ2) is 9.27. The molecule has 2 fully saturated rings. The molecule has 0 bridgehead atoms. The van der Waals surface area contributed by atoms with Crippen molar-refractivity contribution < 1.29 is 19.1 Å². The molecular formula is C22H25ClN2O4S. The highest BCUT2D eigenvalue weighted by molar-refractivity contribution is 7.16. The number of rotatable bonds is 7. The minimum atomic E-state index is -0.227. The van der Waals surface area contributed by atoms with E-state index in [1.165, 1.54) is 11.3 Å². The molecule has 1 N–H and O–H groups in total. The van der Waals surface area contributed by atoms with E-state index in [0.717, 1.165) is 30.6 Å². The van der Waals surface area contributed by atoms with Crippen LogP contribution in [0.3, 0.4) is 0 Å². The number of hydrogen-bond acceptors (Lipinski definition) is 5. The van der Waals surface area contributed by atoms with Crippen LogP contribution in [-0.2, 0) is 11.3 Å². The summed E-state index contributed by atoms with van der Waals surface area (Å²) in [5.74, 6) is 1.43. The van der Waals surface area contributed by atoms with Crippen molar-refractivity contribution >= 4 is 34.8 Å². The number of amides is 2. The van der Waals surface area contributed by atoms with Gasteiger partial charge in [-0.05, 0) is 43.2 Å². The Bertz CT molecular complexity index is 920. The van der Waals surface area contributed by atoms with Crippen LogP contribution in [0.1, 0.15) is 40.9 Å². The normalized spacial score (nSPS) is 16.9. The van der Waals surface area contributed by atoms with Crippen LogP contribution < -0.4 is 14.8 Å². The van der Waals surface area contributed by atoms with Crippen LogP contribution in [-0.4, -0.2) is 43.0 Å². The minimum Gasteiger partial charge on any atom is -0.497 e. The lowest BCUT2D eigenvalue weighted by Gasteiger charge is -2.32. The van der Waals surface area contributed by atoms with Gasteiger partial charge in [0.15, 0.2) is 0 Å². The summed E-state index contributed by atoms with van der Waals surface area (Å²) in [6, 6.07) is 8.97. The van der Waals surface area contributed by atoms with E-state index in [1.54, 1.807) is 25.3 Å². The van der Waals surface area contributed by atoms with Gasteiger partial charge in [-0.1, -0.05) is 11.6 Å². The number of hydrogen-bond donors (Lipinski definition) is 1. The molecule has 4 rings (SSSR count). The minimum absolute atomic E-state index is 0.0238. The first-order valence-corrected chi connectivity index (χ1v) is 11.4. The second-order valence-electron chi connectivity index (χ2n) is 7.67. The third kappa shape index (κ3) is 5.08. The molecule has 1 aliphatic heterocycles. The van der Waals surface area contributed by atoms with Crippen molar-refractivity contribution in [3.63, 3.8) is 0 Å². The Morgan fingerprint density at radius 1 is 1.17 bits per heavy atom. The zero-order valence-electron chi connectivity index (χ0n) is 16.9. The maximum Gasteiger partial charge on any atom is 0.255 e. The first-order valence-electron chi connectivity index (χ1n) is 10.2. The monoisotopic (exact) mass is 448 g/mol. The van der Waals surface area contributed by atoms with Gasteiger partial charge in [0.25, 0.3) is 5.91 Å². The van der Waals surface area contributed by atoms with Gasteiger partial charge in [-0.25, -0.2) is 0 Å². The Morgan fingerprint density at radius 3 is 2.57 bits per heavy atom. The lowest BCUT2D eigenvalue weighted by atomic mass is 10.1. The van der Waals surface area contributed by atoms with Crippen LogP contribution in [0.5, 0.6) is 11.5 Å². The van der Waals surface area contributed by atoms with E-state index in [9.17, 15) is 9.59 Å². The SMILES string of the molecule is COc1ccc(OC2CCN(C(=O)C3CC3)CC2)c(C(=O)NCc2ccc(Cl)s2)c1. The van der Waals surface area contributed by atoms with Crippen molar-refractivity contribution in [2.24, 2.45) is 5.92 Å². The lowest BCUT2D eigenvalue weighted by Crippen LogP contribution is -2.42. The molecule has 6 nitrogen and oxygen atoms in total. The Balaban J connectivity index is 1.40. The third-order valence-corrected chi connectivity index (χ3v) is 6.69. The van der Waals surface area contributed by atoms with E-state index in [0.29, 0.717) is 41.0 Å². The summed E-state index contributed by atoms with van der Waals surface area (Å²) < 4.78 is 12.2. The van der Waals surface area contributed by atoms with Gasteiger partial charge in [0.1, 0.15) is 17.6 Å². The number of halogens is 1. The number of likely N-dealkylation sites (tertiary alicyclic amines) is 1. The van der Waals surface area contributed by atoms with Gasteiger partial charge in [-0.2, -0.15) is 0 Å². The van der Waals surface area contributed by atoms with E-state index in [4.69, 9.17) is 21.1 Å². The summed E-state index contributed by atoms with van der Waals surface area (Å²) in [6.07, 6.45) is 3.55. The zero-order chi connectivity index (χ0) is 21.1. The summed E-state index contributed by atoms with van der Waals surface area (Å²) in [4.78, 5) is 28.0.